The van der Waals surface area contributed by atoms with Gasteiger partial charge in [0.25, 0.3) is 0 Å². The minimum absolute atomic E-state index is 1.17. The predicted molar refractivity (Wildman–Crippen MR) is 52.9 cm³/mol. The third kappa shape index (κ3) is 2.16. The van der Waals surface area contributed by atoms with Crippen LogP contribution in [0.25, 0.3) is 0 Å². The van der Waals surface area contributed by atoms with Gasteiger partial charge in [-0.2, -0.15) is 0 Å². The van der Waals surface area contributed by atoms with E-state index in [4.69, 9.17) is 0 Å². The Kier molecular flexibility index (Phi) is 3.45. The molecule has 1 fully saturated rings. The molecule has 70 valence electrons. The largest absolute Gasteiger partial charge is 0.362 e. The number of rotatable bonds is 3. The molecule has 0 unspecified atom stereocenters. The normalized spacial score (nSPS) is 18.7. The summed E-state index contributed by atoms with van der Waals surface area (Å²) in [7, 11) is 2.13. The lowest BCUT2D eigenvalue weighted by atomic mass is 10.2. The number of nitrogens with zero attached hydrogens (tertiary/aromatic N) is 2. The number of hydrogen-bond donors (Lipinski definition) is 0. The van der Waals surface area contributed by atoms with Gasteiger partial charge in [-0.25, -0.2) is 0 Å². The first-order chi connectivity index (χ1) is 5.75. The van der Waals surface area contributed by atoms with E-state index in [0.29, 0.717) is 0 Å². The molecule has 12 heavy (non-hydrogen) atoms. The quantitative estimate of drug-likeness (QED) is 0.635. The highest BCUT2D eigenvalue weighted by Gasteiger charge is 2.15. The number of hydrogen-bond acceptors (Lipinski definition) is 2. The zero-order valence-corrected chi connectivity index (χ0v) is 8.34. The van der Waals surface area contributed by atoms with Crippen molar-refractivity contribution < 1.29 is 0 Å². The first-order valence-corrected chi connectivity index (χ1v) is 4.90. The lowest BCUT2D eigenvalue weighted by molar-refractivity contribution is 0.182. The molecule has 0 saturated carbocycles. The van der Waals surface area contributed by atoms with E-state index in [2.05, 4.69) is 30.4 Å². The van der Waals surface area contributed by atoms with Crippen LogP contribution in [-0.2, 0) is 0 Å². The second-order valence-corrected chi connectivity index (χ2v) is 3.53. The van der Waals surface area contributed by atoms with Crippen LogP contribution in [0.3, 0.4) is 0 Å². The molecular weight excluding hydrogens is 148 g/mol. The minimum atomic E-state index is 1.17. The van der Waals surface area contributed by atoms with Crippen molar-refractivity contribution in [3.8, 4) is 0 Å². The van der Waals surface area contributed by atoms with Crippen molar-refractivity contribution in [1.82, 2.24) is 9.80 Å². The summed E-state index contributed by atoms with van der Waals surface area (Å²) in [5, 5.41) is 0. The van der Waals surface area contributed by atoms with E-state index in [1.165, 1.54) is 44.7 Å². The average molecular weight is 168 g/mol. The van der Waals surface area contributed by atoms with Gasteiger partial charge in [-0.1, -0.05) is 19.9 Å². The van der Waals surface area contributed by atoms with Crippen LogP contribution in [-0.4, -0.2) is 36.5 Å². The zero-order valence-electron chi connectivity index (χ0n) is 8.34. The molecule has 0 bridgehead atoms. The summed E-state index contributed by atoms with van der Waals surface area (Å²) >= 11 is 0. The van der Waals surface area contributed by atoms with Gasteiger partial charge in [0.05, 0.1) is 5.82 Å². The molecule has 2 heteroatoms. The molecule has 2 nitrogen and oxygen atoms in total. The van der Waals surface area contributed by atoms with E-state index in [1.54, 1.807) is 0 Å². The first kappa shape index (κ1) is 9.43. The fourth-order valence-corrected chi connectivity index (χ4v) is 1.59. The molecule has 1 aliphatic heterocycles. The fourth-order valence-electron chi connectivity index (χ4n) is 1.59. The molecule has 0 atom stereocenters. The van der Waals surface area contributed by atoms with Gasteiger partial charge in [-0.3, -0.25) is 0 Å². The third-order valence-electron chi connectivity index (χ3n) is 2.51. The molecule has 1 rings (SSSR count). The maximum atomic E-state index is 4.08. The van der Waals surface area contributed by atoms with E-state index in [-0.39, 0.29) is 0 Å². The highest BCUT2D eigenvalue weighted by molar-refractivity contribution is 4.95. The molecule has 1 aliphatic rings. The van der Waals surface area contributed by atoms with Crippen molar-refractivity contribution in [2.75, 3.05) is 26.7 Å². The second kappa shape index (κ2) is 4.39. The lowest BCUT2D eigenvalue weighted by Gasteiger charge is -2.38. The van der Waals surface area contributed by atoms with Gasteiger partial charge in [0, 0.05) is 26.7 Å². The summed E-state index contributed by atoms with van der Waals surface area (Å²) in [6.07, 6.45) is 3.83. The molecule has 0 aromatic heterocycles. The summed E-state index contributed by atoms with van der Waals surface area (Å²) in [5.41, 5.74) is 0. The Balaban J connectivity index is 2.36. The third-order valence-corrected chi connectivity index (χ3v) is 2.51. The number of unbranched alkanes of at least 4 members (excludes halogenated alkanes) is 1. The SMILES string of the molecule is C=C1N(C)CCCN1CCCC. The molecule has 0 spiro atoms. The molecular formula is C10H20N2. The smallest absolute Gasteiger partial charge is 0.0962 e. The van der Waals surface area contributed by atoms with Crippen molar-refractivity contribution in [2.24, 2.45) is 0 Å². The first-order valence-electron chi connectivity index (χ1n) is 4.90. The predicted octanol–water partition coefficient (Wildman–Crippen LogP) is 1.90. The van der Waals surface area contributed by atoms with Crippen LogP contribution >= 0.6 is 0 Å². The molecule has 0 aliphatic carbocycles. The van der Waals surface area contributed by atoms with Crippen molar-refractivity contribution in [3.05, 3.63) is 12.4 Å². The van der Waals surface area contributed by atoms with Crippen molar-refractivity contribution in [1.29, 1.82) is 0 Å². The molecule has 1 heterocycles. The van der Waals surface area contributed by atoms with Crippen molar-refractivity contribution in [3.63, 3.8) is 0 Å². The zero-order chi connectivity index (χ0) is 8.97. The highest BCUT2D eigenvalue weighted by Crippen LogP contribution is 2.14. The molecule has 0 radical (unpaired) electrons. The Morgan fingerprint density at radius 3 is 2.83 bits per heavy atom. The molecule has 1 saturated heterocycles. The fraction of sp³-hybridized carbons (Fsp3) is 0.800. The van der Waals surface area contributed by atoms with Gasteiger partial charge in [0.1, 0.15) is 0 Å². The van der Waals surface area contributed by atoms with Gasteiger partial charge < -0.3 is 9.80 Å². The van der Waals surface area contributed by atoms with Gasteiger partial charge in [-0.05, 0) is 12.8 Å². The lowest BCUT2D eigenvalue weighted by Crippen LogP contribution is -2.40. The molecule has 0 N–H and O–H groups in total. The maximum absolute atomic E-state index is 4.08. The van der Waals surface area contributed by atoms with Gasteiger partial charge >= 0.3 is 0 Å². The summed E-state index contributed by atoms with van der Waals surface area (Å²) in [6, 6.07) is 0. The molecule has 0 amide bonds. The van der Waals surface area contributed by atoms with Gasteiger partial charge in [0.15, 0.2) is 0 Å². The summed E-state index contributed by atoms with van der Waals surface area (Å²) < 4.78 is 0. The van der Waals surface area contributed by atoms with Crippen LogP contribution in [0.2, 0.25) is 0 Å². The van der Waals surface area contributed by atoms with Crippen LogP contribution in [0.4, 0.5) is 0 Å². The topological polar surface area (TPSA) is 6.48 Å². The van der Waals surface area contributed by atoms with Crippen molar-refractivity contribution >= 4 is 0 Å². The van der Waals surface area contributed by atoms with E-state index in [0.717, 1.165) is 0 Å². The Morgan fingerprint density at radius 2 is 2.17 bits per heavy atom. The van der Waals surface area contributed by atoms with E-state index < -0.39 is 0 Å². The van der Waals surface area contributed by atoms with Gasteiger partial charge in [-0.15, -0.1) is 0 Å². The van der Waals surface area contributed by atoms with Crippen LogP contribution in [0.1, 0.15) is 26.2 Å². The Hall–Kier alpha value is -0.660. The Bertz CT molecular complexity index is 154. The summed E-state index contributed by atoms with van der Waals surface area (Å²) in [6.45, 7) is 9.86. The Labute approximate surface area is 75.8 Å². The second-order valence-electron chi connectivity index (χ2n) is 3.53. The summed E-state index contributed by atoms with van der Waals surface area (Å²) in [5.74, 6) is 1.20. The van der Waals surface area contributed by atoms with Crippen LogP contribution in [0, 0.1) is 0 Å². The van der Waals surface area contributed by atoms with E-state index in [1.807, 2.05) is 0 Å². The van der Waals surface area contributed by atoms with Crippen LogP contribution in [0.5, 0.6) is 0 Å². The van der Waals surface area contributed by atoms with Gasteiger partial charge in [0.2, 0.25) is 0 Å². The Morgan fingerprint density at radius 1 is 1.42 bits per heavy atom. The molecule has 0 aromatic rings. The van der Waals surface area contributed by atoms with Crippen LogP contribution < -0.4 is 0 Å². The van der Waals surface area contributed by atoms with Crippen molar-refractivity contribution in [2.45, 2.75) is 26.2 Å². The average Bonchev–Trinajstić information content (AvgIpc) is 2.08. The van der Waals surface area contributed by atoms with E-state index >= 15 is 0 Å². The maximum Gasteiger partial charge on any atom is 0.0962 e. The summed E-state index contributed by atoms with van der Waals surface area (Å²) in [4.78, 5) is 4.64. The van der Waals surface area contributed by atoms with E-state index in [9.17, 15) is 0 Å². The standard InChI is InChI=1S/C10H20N2/c1-4-5-8-12-9-6-7-11(3)10(12)2/h2,4-9H2,1,3H3. The highest BCUT2D eigenvalue weighted by atomic mass is 15.3. The van der Waals surface area contributed by atoms with Crippen LogP contribution in [0.15, 0.2) is 12.4 Å². The monoisotopic (exact) mass is 168 g/mol. The molecule has 0 aromatic carbocycles. The minimum Gasteiger partial charge on any atom is -0.362 e.